The number of nitrogens with zero attached hydrogens (tertiary/aromatic N) is 2. The summed E-state index contributed by atoms with van der Waals surface area (Å²) in [5, 5.41) is 2.67. The van der Waals surface area contributed by atoms with Gasteiger partial charge in [-0.25, -0.2) is 9.97 Å². The summed E-state index contributed by atoms with van der Waals surface area (Å²) in [4.78, 5) is 9.55. The fourth-order valence-electron chi connectivity index (χ4n) is 1.68. The van der Waals surface area contributed by atoms with E-state index >= 15 is 0 Å². The van der Waals surface area contributed by atoms with E-state index < -0.39 is 0 Å². The molecule has 1 aromatic carbocycles. The van der Waals surface area contributed by atoms with E-state index in [0.717, 1.165) is 21.4 Å². The molecule has 3 aromatic rings. The molecule has 0 N–H and O–H groups in total. The average Bonchev–Trinajstić information content (AvgIpc) is 2.54. The fourth-order valence-corrected chi connectivity index (χ4v) is 3.17. The lowest BCUT2D eigenvalue weighted by molar-refractivity contribution is 1.10. The van der Waals surface area contributed by atoms with Crippen LogP contribution in [-0.2, 0) is 0 Å². The van der Waals surface area contributed by atoms with E-state index in [9.17, 15) is 0 Å². The van der Waals surface area contributed by atoms with Crippen molar-refractivity contribution < 1.29 is 0 Å². The maximum Gasteiger partial charge on any atom is 0.142 e. The first-order valence-electron chi connectivity index (χ1n) is 4.57. The molecule has 3 rings (SSSR count). The van der Waals surface area contributed by atoms with E-state index in [4.69, 9.17) is 11.6 Å². The summed E-state index contributed by atoms with van der Waals surface area (Å²) in [6.07, 6.45) is 0. The van der Waals surface area contributed by atoms with Gasteiger partial charge in [0.15, 0.2) is 0 Å². The molecule has 0 spiro atoms. The standard InChI is InChI=1S/C11H7ClN2S/c1-6-13-10(12)9-7-4-2-3-5-8(7)15-11(9)14-6/h2-5H,1H3. The Hall–Kier alpha value is -1.19. The second-order valence-electron chi connectivity index (χ2n) is 3.34. The van der Waals surface area contributed by atoms with Crippen LogP contribution in [0, 0.1) is 6.92 Å². The second-order valence-corrected chi connectivity index (χ2v) is 4.73. The van der Waals surface area contributed by atoms with Gasteiger partial charge in [-0.15, -0.1) is 11.3 Å². The molecule has 2 heterocycles. The molecule has 0 aliphatic rings. The zero-order valence-corrected chi connectivity index (χ0v) is 9.56. The number of aromatic nitrogens is 2. The number of hydrogen-bond donors (Lipinski definition) is 0. The summed E-state index contributed by atoms with van der Waals surface area (Å²) in [5.74, 6) is 0.721. The van der Waals surface area contributed by atoms with Gasteiger partial charge in [0.05, 0.1) is 5.39 Å². The highest BCUT2D eigenvalue weighted by Crippen LogP contribution is 2.35. The van der Waals surface area contributed by atoms with Gasteiger partial charge in [0.2, 0.25) is 0 Å². The molecule has 0 unspecified atom stereocenters. The summed E-state index contributed by atoms with van der Waals surface area (Å²) in [5.41, 5.74) is 0. The lowest BCUT2D eigenvalue weighted by atomic mass is 10.2. The fraction of sp³-hybridized carbons (Fsp3) is 0.0909. The molecule has 0 atom stereocenters. The molecule has 0 saturated carbocycles. The van der Waals surface area contributed by atoms with Crippen molar-refractivity contribution in [3.8, 4) is 0 Å². The predicted molar refractivity (Wildman–Crippen MR) is 64.7 cm³/mol. The molecule has 0 aliphatic carbocycles. The van der Waals surface area contributed by atoms with Gasteiger partial charge in [0.1, 0.15) is 15.8 Å². The highest BCUT2D eigenvalue weighted by Gasteiger charge is 2.10. The van der Waals surface area contributed by atoms with Crippen LogP contribution in [0.1, 0.15) is 5.82 Å². The normalized spacial score (nSPS) is 11.3. The Morgan fingerprint density at radius 1 is 1.20 bits per heavy atom. The first kappa shape index (κ1) is 9.07. The minimum atomic E-state index is 0.551. The van der Waals surface area contributed by atoms with Crippen LogP contribution in [0.2, 0.25) is 5.15 Å². The third kappa shape index (κ3) is 1.31. The third-order valence-corrected chi connectivity index (χ3v) is 3.64. The summed E-state index contributed by atoms with van der Waals surface area (Å²) in [6, 6.07) is 8.16. The molecule has 0 radical (unpaired) electrons. The van der Waals surface area contributed by atoms with Crippen LogP contribution in [0.3, 0.4) is 0 Å². The largest absolute Gasteiger partial charge is 0.222 e. The topological polar surface area (TPSA) is 25.8 Å². The Balaban J connectivity index is 2.61. The van der Waals surface area contributed by atoms with Crippen molar-refractivity contribution in [3.05, 3.63) is 35.2 Å². The number of benzene rings is 1. The van der Waals surface area contributed by atoms with E-state index in [0.29, 0.717) is 5.15 Å². The van der Waals surface area contributed by atoms with E-state index in [1.165, 1.54) is 4.70 Å². The van der Waals surface area contributed by atoms with Gasteiger partial charge in [-0.1, -0.05) is 29.8 Å². The van der Waals surface area contributed by atoms with Crippen LogP contribution in [0.25, 0.3) is 20.3 Å². The maximum atomic E-state index is 6.14. The predicted octanol–water partition coefficient (Wildman–Crippen LogP) is 3.81. The lowest BCUT2D eigenvalue weighted by Crippen LogP contribution is -1.86. The zero-order chi connectivity index (χ0) is 10.4. The Bertz CT molecular complexity index is 660. The summed E-state index contributed by atoms with van der Waals surface area (Å²) >= 11 is 7.79. The first-order valence-corrected chi connectivity index (χ1v) is 5.76. The van der Waals surface area contributed by atoms with Gasteiger partial charge in [0.25, 0.3) is 0 Å². The third-order valence-electron chi connectivity index (χ3n) is 2.31. The number of halogens is 1. The summed E-state index contributed by atoms with van der Waals surface area (Å²) < 4.78 is 1.20. The number of rotatable bonds is 0. The summed E-state index contributed by atoms with van der Waals surface area (Å²) in [7, 11) is 0. The molecule has 74 valence electrons. The van der Waals surface area contributed by atoms with Gasteiger partial charge in [0, 0.05) is 10.1 Å². The molecule has 0 aliphatic heterocycles. The van der Waals surface area contributed by atoms with Gasteiger partial charge >= 0.3 is 0 Å². The lowest BCUT2D eigenvalue weighted by Gasteiger charge is -1.95. The minimum Gasteiger partial charge on any atom is -0.222 e. The van der Waals surface area contributed by atoms with Gasteiger partial charge in [-0.3, -0.25) is 0 Å². The Labute approximate surface area is 95.5 Å². The van der Waals surface area contributed by atoms with E-state index in [1.54, 1.807) is 11.3 Å². The van der Waals surface area contributed by atoms with Crippen molar-refractivity contribution in [2.24, 2.45) is 0 Å². The van der Waals surface area contributed by atoms with Crippen LogP contribution in [0.5, 0.6) is 0 Å². The average molecular weight is 235 g/mol. The van der Waals surface area contributed by atoms with Crippen molar-refractivity contribution in [1.29, 1.82) is 0 Å². The Kier molecular flexibility index (Phi) is 1.90. The quantitative estimate of drug-likeness (QED) is 0.553. The van der Waals surface area contributed by atoms with Crippen LogP contribution in [0.4, 0.5) is 0 Å². The van der Waals surface area contributed by atoms with E-state index in [1.807, 2.05) is 19.1 Å². The Morgan fingerprint density at radius 3 is 2.87 bits per heavy atom. The molecular formula is C11H7ClN2S. The smallest absolute Gasteiger partial charge is 0.142 e. The van der Waals surface area contributed by atoms with Crippen molar-refractivity contribution in [2.75, 3.05) is 0 Å². The van der Waals surface area contributed by atoms with Crippen LogP contribution in [0.15, 0.2) is 24.3 Å². The van der Waals surface area contributed by atoms with Crippen molar-refractivity contribution in [2.45, 2.75) is 6.92 Å². The highest BCUT2D eigenvalue weighted by molar-refractivity contribution is 7.25. The first-order chi connectivity index (χ1) is 7.25. The van der Waals surface area contributed by atoms with Crippen LogP contribution < -0.4 is 0 Å². The van der Waals surface area contributed by atoms with Gasteiger partial charge in [-0.05, 0) is 13.0 Å². The molecule has 0 amide bonds. The van der Waals surface area contributed by atoms with Crippen molar-refractivity contribution in [3.63, 3.8) is 0 Å². The van der Waals surface area contributed by atoms with Gasteiger partial charge in [-0.2, -0.15) is 0 Å². The van der Waals surface area contributed by atoms with Gasteiger partial charge < -0.3 is 0 Å². The van der Waals surface area contributed by atoms with E-state index in [-0.39, 0.29) is 0 Å². The minimum absolute atomic E-state index is 0.551. The van der Waals surface area contributed by atoms with Crippen LogP contribution >= 0.6 is 22.9 Å². The highest BCUT2D eigenvalue weighted by atomic mass is 35.5. The summed E-state index contributed by atoms with van der Waals surface area (Å²) in [6.45, 7) is 1.86. The van der Waals surface area contributed by atoms with Crippen molar-refractivity contribution in [1.82, 2.24) is 9.97 Å². The SMILES string of the molecule is Cc1nc(Cl)c2c(n1)sc1ccccc12. The zero-order valence-electron chi connectivity index (χ0n) is 7.99. The number of fused-ring (bicyclic) bond motifs is 3. The maximum absolute atomic E-state index is 6.14. The number of thiophene rings is 1. The van der Waals surface area contributed by atoms with Crippen molar-refractivity contribution >= 4 is 43.2 Å². The number of hydrogen-bond acceptors (Lipinski definition) is 3. The Morgan fingerprint density at radius 2 is 2.00 bits per heavy atom. The molecule has 0 bridgehead atoms. The van der Waals surface area contributed by atoms with E-state index in [2.05, 4.69) is 22.1 Å². The molecule has 2 nitrogen and oxygen atoms in total. The molecule has 4 heteroatoms. The molecule has 0 fully saturated rings. The molecule has 2 aromatic heterocycles. The molecule has 0 saturated heterocycles. The molecular weight excluding hydrogens is 228 g/mol. The second kappa shape index (κ2) is 3.15. The number of aryl methyl sites for hydroxylation is 1. The molecule has 15 heavy (non-hydrogen) atoms. The monoisotopic (exact) mass is 234 g/mol. The van der Waals surface area contributed by atoms with Crippen LogP contribution in [-0.4, -0.2) is 9.97 Å².